The Kier molecular flexibility index (Phi) is 2.34. The van der Waals surface area contributed by atoms with Gasteiger partial charge in [0, 0.05) is 0 Å². The first-order valence-corrected chi connectivity index (χ1v) is 5.77. The SMILES string of the molecule is COC(=O)C1(CC(C)C)OC12CCC2C. The van der Waals surface area contributed by atoms with Crippen molar-refractivity contribution < 1.29 is 14.3 Å². The molecule has 0 aromatic carbocycles. The van der Waals surface area contributed by atoms with Crippen molar-refractivity contribution in [3.8, 4) is 0 Å². The summed E-state index contributed by atoms with van der Waals surface area (Å²) >= 11 is 0. The van der Waals surface area contributed by atoms with Gasteiger partial charge in [-0.15, -0.1) is 0 Å². The third-order valence-electron chi connectivity index (χ3n) is 3.95. The molecule has 0 radical (unpaired) electrons. The van der Waals surface area contributed by atoms with Gasteiger partial charge in [0.15, 0.2) is 5.60 Å². The van der Waals surface area contributed by atoms with E-state index < -0.39 is 5.60 Å². The largest absolute Gasteiger partial charge is 0.467 e. The fraction of sp³-hybridized carbons (Fsp3) is 0.917. The zero-order valence-corrected chi connectivity index (χ0v) is 10.0. The highest BCUT2D eigenvalue weighted by Gasteiger charge is 2.79. The van der Waals surface area contributed by atoms with Crippen LogP contribution in [0.5, 0.6) is 0 Å². The van der Waals surface area contributed by atoms with Gasteiger partial charge in [-0.05, 0) is 31.1 Å². The van der Waals surface area contributed by atoms with Crippen LogP contribution in [0.15, 0.2) is 0 Å². The molecule has 3 atom stereocenters. The number of rotatable bonds is 3. The van der Waals surface area contributed by atoms with E-state index >= 15 is 0 Å². The third kappa shape index (κ3) is 1.25. The van der Waals surface area contributed by atoms with Gasteiger partial charge < -0.3 is 9.47 Å². The van der Waals surface area contributed by atoms with Crippen LogP contribution in [0.1, 0.15) is 40.0 Å². The average Bonchev–Trinajstić information content (AvgIpc) is 2.86. The van der Waals surface area contributed by atoms with E-state index in [0.717, 1.165) is 19.3 Å². The van der Waals surface area contributed by atoms with Gasteiger partial charge in [0.05, 0.1) is 7.11 Å². The summed E-state index contributed by atoms with van der Waals surface area (Å²) in [6, 6.07) is 0. The molecule has 1 aliphatic carbocycles. The van der Waals surface area contributed by atoms with E-state index in [1.165, 1.54) is 7.11 Å². The van der Waals surface area contributed by atoms with Crippen LogP contribution in [0.2, 0.25) is 0 Å². The minimum absolute atomic E-state index is 0.176. The Morgan fingerprint density at radius 2 is 2.27 bits per heavy atom. The molecule has 0 bridgehead atoms. The van der Waals surface area contributed by atoms with E-state index in [0.29, 0.717) is 11.8 Å². The lowest BCUT2D eigenvalue weighted by molar-refractivity contribution is -0.147. The van der Waals surface area contributed by atoms with Crippen molar-refractivity contribution in [2.45, 2.75) is 51.2 Å². The first kappa shape index (κ1) is 10.9. The minimum atomic E-state index is -0.617. The Morgan fingerprint density at radius 1 is 1.60 bits per heavy atom. The van der Waals surface area contributed by atoms with Crippen molar-refractivity contribution in [2.24, 2.45) is 11.8 Å². The lowest BCUT2D eigenvalue weighted by Crippen LogP contribution is -2.45. The molecular weight excluding hydrogens is 192 g/mol. The third-order valence-corrected chi connectivity index (χ3v) is 3.95. The van der Waals surface area contributed by atoms with Gasteiger partial charge in [-0.1, -0.05) is 20.8 Å². The summed E-state index contributed by atoms with van der Waals surface area (Å²) in [5.74, 6) is 0.773. The van der Waals surface area contributed by atoms with Crippen molar-refractivity contribution in [1.29, 1.82) is 0 Å². The molecule has 86 valence electrons. The van der Waals surface area contributed by atoms with Crippen LogP contribution in [-0.2, 0) is 14.3 Å². The molecule has 2 aliphatic rings. The maximum Gasteiger partial charge on any atom is 0.341 e. The zero-order chi connectivity index (χ0) is 11.3. The lowest BCUT2D eigenvalue weighted by Gasteiger charge is -2.34. The normalized spacial score (nSPS) is 42.9. The molecule has 3 heteroatoms. The second-order valence-corrected chi connectivity index (χ2v) is 5.35. The quantitative estimate of drug-likeness (QED) is 0.531. The van der Waals surface area contributed by atoms with E-state index in [4.69, 9.17) is 9.47 Å². The average molecular weight is 212 g/mol. The summed E-state index contributed by atoms with van der Waals surface area (Å²) < 4.78 is 10.7. The number of ether oxygens (including phenoxy) is 2. The number of hydrogen-bond acceptors (Lipinski definition) is 3. The molecule has 15 heavy (non-hydrogen) atoms. The van der Waals surface area contributed by atoms with Gasteiger partial charge in [0.1, 0.15) is 5.60 Å². The molecule has 2 rings (SSSR count). The number of methoxy groups -OCH3 is 1. The molecule has 0 N–H and O–H groups in total. The summed E-state index contributed by atoms with van der Waals surface area (Å²) in [7, 11) is 1.45. The molecule has 0 aromatic heterocycles. The highest BCUT2D eigenvalue weighted by atomic mass is 16.7. The van der Waals surface area contributed by atoms with Crippen LogP contribution in [0.3, 0.4) is 0 Å². The Bertz CT molecular complexity index is 287. The van der Waals surface area contributed by atoms with E-state index in [9.17, 15) is 4.79 Å². The van der Waals surface area contributed by atoms with Crippen molar-refractivity contribution in [3.63, 3.8) is 0 Å². The van der Waals surface area contributed by atoms with Crippen molar-refractivity contribution >= 4 is 5.97 Å². The van der Waals surface area contributed by atoms with Gasteiger partial charge in [0.2, 0.25) is 0 Å². The molecule has 1 aliphatic heterocycles. The fourth-order valence-electron chi connectivity index (χ4n) is 2.98. The van der Waals surface area contributed by atoms with Crippen molar-refractivity contribution in [3.05, 3.63) is 0 Å². The Labute approximate surface area is 91.1 Å². The smallest absolute Gasteiger partial charge is 0.341 e. The van der Waals surface area contributed by atoms with Crippen LogP contribution in [0, 0.1) is 11.8 Å². The summed E-state index contributed by atoms with van der Waals surface area (Å²) in [4.78, 5) is 11.8. The maximum atomic E-state index is 11.8. The van der Waals surface area contributed by atoms with Gasteiger partial charge in [0.25, 0.3) is 0 Å². The van der Waals surface area contributed by atoms with E-state index in [2.05, 4.69) is 20.8 Å². The highest BCUT2D eigenvalue weighted by Crippen LogP contribution is 2.65. The number of esters is 1. The van der Waals surface area contributed by atoms with Crippen LogP contribution < -0.4 is 0 Å². The Hall–Kier alpha value is -0.570. The van der Waals surface area contributed by atoms with Gasteiger partial charge in [-0.3, -0.25) is 0 Å². The van der Waals surface area contributed by atoms with Crippen molar-refractivity contribution in [2.75, 3.05) is 7.11 Å². The van der Waals surface area contributed by atoms with Crippen LogP contribution >= 0.6 is 0 Å². The van der Waals surface area contributed by atoms with Crippen molar-refractivity contribution in [1.82, 2.24) is 0 Å². The fourth-order valence-corrected chi connectivity index (χ4v) is 2.98. The van der Waals surface area contributed by atoms with E-state index in [1.807, 2.05) is 0 Å². The van der Waals surface area contributed by atoms with E-state index in [1.54, 1.807) is 0 Å². The summed E-state index contributed by atoms with van der Waals surface area (Å²) in [5, 5.41) is 0. The minimum Gasteiger partial charge on any atom is -0.467 e. The number of hydrogen-bond donors (Lipinski definition) is 0. The molecule has 1 saturated carbocycles. The molecule has 0 aromatic rings. The zero-order valence-electron chi connectivity index (χ0n) is 10.0. The van der Waals surface area contributed by atoms with E-state index in [-0.39, 0.29) is 11.6 Å². The molecule has 1 heterocycles. The predicted molar refractivity (Wildman–Crippen MR) is 56.4 cm³/mol. The summed E-state index contributed by atoms with van der Waals surface area (Å²) in [5.41, 5.74) is -0.794. The molecule has 1 saturated heterocycles. The van der Waals surface area contributed by atoms with Crippen LogP contribution in [-0.4, -0.2) is 24.3 Å². The maximum absolute atomic E-state index is 11.8. The molecule has 3 unspecified atom stereocenters. The first-order valence-electron chi connectivity index (χ1n) is 5.77. The van der Waals surface area contributed by atoms with Crippen LogP contribution in [0.4, 0.5) is 0 Å². The van der Waals surface area contributed by atoms with Crippen LogP contribution in [0.25, 0.3) is 0 Å². The number of carbonyl (C=O) groups excluding carboxylic acids is 1. The standard InChI is InChI=1S/C12H20O3/c1-8(2)7-12(10(13)14-4)11(15-12)6-5-9(11)3/h8-9H,5-7H2,1-4H3. The predicted octanol–water partition coefficient (Wildman–Crippen LogP) is 2.14. The highest BCUT2D eigenvalue weighted by molar-refractivity contribution is 5.85. The molecule has 2 fully saturated rings. The molecule has 3 nitrogen and oxygen atoms in total. The number of carbonyl (C=O) groups is 1. The topological polar surface area (TPSA) is 38.8 Å². The first-order chi connectivity index (χ1) is 6.98. The Morgan fingerprint density at radius 3 is 2.53 bits per heavy atom. The monoisotopic (exact) mass is 212 g/mol. The van der Waals surface area contributed by atoms with Gasteiger partial charge in [-0.25, -0.2) is 4.79 Å². The Balaban J connectivity index is 2.17. The molecule has 0 amide bonds. The number of epoxide rings is 1. The second kappa shape index (κ2) is 3.21. The van der Waals surface area contributed by atoms with Gasteiger partial charge >= 0.3 is 5.97 Å². The summed E-state index contributed by atoms with van der Waals surface area (Å²) in [6.07, 6.45) is 2.96. The molecule has 1 spiro atoms. The lowest BCUT2D eigenvalue weighted by atomic mass is 9.66. The van der Waals surface area contributed by atoms with Gasteiger partial charge in [-0.2, -0.15) is 0 Å². The summed E-state index contributed by atoms with van der Waals surface area (Å²) in [6.45, 7) is 6.39. The second-order valence-electron chi connectivity index (χ2n) is 5.35. The molecular formula is C12H20O3.